The van der Waals surface area contributed by atoms with Crippen LogP contribution in [0, 0.1) is 0 Å². The molecule has 33 heavy (non-hydrogen) atoms. The van der Waals surface area contributed by atoms with E-state index < -0.39 is 0 Å². The Morgan fingerprint density at radius 3 is 2.33 bits per heavy atom. The Morgan fingerprint density at radius 1 is 0.818 bits per heavy atom. The van der Waals surface area contributed by atoms with Gasteiger partial charge in [-0.2, -0.15) is 0 Å². The van der Waals surface area contributed by atoms with Crippen molar-refractivity contribution in [3.63, 3.8) is 0 Å². The summed E-state index contributed by atoms with van der Waals surface area (Å²) in [5.41, 5.74) is 4.99. The number of piperazine rings is 1. The average molecular weight is 440 g/mol. The molecule has 1 aliphatic heterocycles. The van der Waals surface area contributed by atoms with Gasteiger partial charge in [0.15, 0.2) is 0 Å². The topological polar surface area (TPSA) is 53.4 Å². The third-order valence-corrected chi connectivity index (χ3v) is 6.29. The average Bonchev–Trinajstić information content (AvgIpc) is 3.32. The molecule has 6 nitrogen and oxygen atoms in total. The lowest BCUT2D eigenvalue weighted by Gasteiger charge is -2.36. The standard InChI is InChI=1S/C27H29N5O/c33-27(22-11-13-24(14-12-22)32-21-29-25-9-4-5-10-26(25)32)28-15-6-16-30-17-19-31(20-18-30)23-7-2-1-3-8-23/h1-5,7-14,21H,6,15-20H2,(H,28,33). The molecule has 4 aromatic rings. The van der Waals surface area contributed by atoms with Crippen LogP contribution in [0.15, 0.2) is 85.2 Å². The lowest BCUT2D eigenvalue weighted by molar-refractivity contribution is 0.0951. The summed E-state index contributed by atoms with van der Waals surface area (Å²) in [7, 11) is 0. The number of hydrogen-bond donors (Lipinski definition) is 1. The Hall–Kier alpha value is -3.64. The molecule has 3 aromatic carbocycles. The molecule has 0 spiro atoms. The molecule has 0 saturated carbocycles. The summed E-state index contributed by atoms with van der Waals surface area (Å²) in [6.45, 7) is 5.92. The van der Waals surface area contributed by atoms with Crippen LogP contribution in [0.1, 0.15) is 16.8 Å². The van der Waals surface area contributed by atoms with Gasteiger partial charge in [0.1, 0.15) is 6.33 Å². The van der Waals surface area contributed by atoms with Gasteiger partial charge in [0.2, 0.25) is 0 Å². The number of imidazole rings is 1. The number of anilines is 1. The monoisotopic (exact) mass is 439 g/mol. The molecule has 1 amide bonds. The highest BCUT2D eigenvalue weighted by Crippen LogP contribution is 2.18. The summed E-state index contributed by atoms with van der Waals surface area (Å²) in [6.07, 6.45) is 2.77. The first-order valence-corrected chi connectivity index (χ1v) is 11.6. The van der Waals surface area contributed by atoms with E-state index in [9.17, 15) is 4.79 Å². The molecule has 0 atom stereocenters. The summed E-state index contributed by atoms with van der Waals surface area (Å²) < 4.78 is 2.04. The fraction of sp³-hybridized carbons (Fsp3) is 0.259. The molecular weight excluding hydrogens is 410 g/mol. The maximum atomic E-state index is 12.6. The van der Waals surface area contributed by atoms with Crippen LogP contribution in [-0.2, 0) is 0 Å². The molecule has 1 aliphatic rings. The Balaban J connectivity index is 1.07. The number of carbonyl (C=O) groups excluding carboxylic acids is 1. The molecule has 5 rings (SSSR count). The van der Waals surface area contributed by atoms with Crippen molar-refractivity contribution < 1.29 is 4.79 Å². The summed E-state index contributed by atoms with van der Waals surface area (Å²) >= 11 is 0. The van der Waals surface area contributed by atoms with Crippen molar-refractivity contribution in [3.8, 4) is 5.69 Å². The van der Waals surface area contributed by atoms with Crippen LogP contribution in [0.25, 0.3) is 16.7 Å². The van der Waals surface area contributed by atoms with Gasteiger partial charge in [-0.3, -0.25) is 14.3 Å². The Kier molecular flexibility index (Phi) is 6.35. The molecule has 0 unspecified atom stereocenters. The second kappa shape index (κ2) is 9.88. The van der Waals surface area contributed by atoms with Crippen LogP contribution in [0.3, 0.4) is 0 Å². The Bertz CT molecular complexity index is 1190. The van der Waals surface area contributed by atoms with E-state index in [1.807, 2.05) is 59.4 Å². The van der Waals surface area contributed by atoms with E-state index in [4.69, 9.17) is 0 Å². The number of nitrogens with one attached hydrogen (secondary N) is 1. The lowest BCUT2D eigenvalue weighted by atomic mass is 10.2. The summed E-state index contributed by atoms with van der Waals surface area (Å²) in [5, 5.41) is 3.06. The molecule has 1 N–H and O–H groups in total. The third-order valence-electron chi connectivity index (χ3n) is 6.29. The number of hydrogen-bond acceptors (Lipinski definition) is 4. The van der Waals surface area contributed by atoms with E-state index >= 15 is 0 Å². The molecular formula is C27H29N5O. The summed E-state index contributed by atoms with van der Waals surface area (Å²) in [6, 6.07) is 26.3. The highest BCUT2D eigenvalue weighted by molar-refractivity contribution is 5.94. The van der Waals surface area contributed by atoms with Crippen molar-refractivity contribution in [3.05, 3.63) is 90.8 Å². The largest absolute Gasteiger partial charge is 0.369 e. The number of rotatable bonds is 7. The number of para-hydroxylation sites is 3. The number of carbonyl (C=O) groups is 1. The van der Waals surface area contributed by atoms with Crippen LogP contribution >= 0.6 is 0 Å². The highest BCUT2D eigenvalue weighted by Gasteiger charge is 2.16. The van der Waals surface area contributed by atoms with Gasteiger partial charge in [-0.05, 0) is 61.5 Å². The molecule has 0 bridgehead atoms. The fourth-order valence-corrected chi connectivity index (χ4v) is 4.41. The number of nitrogens with zero attached hydrogens (tertiary/aromatic N) is 4. The number of benzene rings is 3. The van der Waals surface area contributed by atoms with Crippen LogP contribution in [-0.4, -0.2) is 59.6 Å². The summed E-state index contributed by atoms with van der Waals surface area (Å²) in [5.74, 6) is -0.0223. The minimum atomic E-state index is -0.0223. The minimum Gasteiger partial charge on any atom is -0.369 e. The van der Waals surface area contributed by atoms with Gasteiger partial charge in [-0.15, -0.1) is 0 Å². The van der Waals surface area contributed by atoms with Gasteiger partial charge in [0, 0.05) is 49.7 Å². The second-order valence-electron chi connectivity index (χ2n) is 8.42. The molecule has 6 heteroatoms. The van der Waals surface area contributed by atoms with Gasteiger partial charge >= 0.3 is 0 Å². The van der Waals surface area contributed by atoms with Crippen molar-refractivity contribution in [1.82, 2.24) is 19.8 Å². The van der Waals surface area contributed by atoms with E-state index in [0.717, 1.165) is 55.9 Å². The van der Waals surface area contributed by atoms with E-state index in [0.29, 0.717) is 12.1 Å². The fourth-order valence-electron chi connectivity index (χ4n) is 4.41. The number of fused-ring (bicyclic) bond motifs is 1. The third kappa shape index (κ3) is 4.91. The predicted molar refractivity (Wildman–Crippen MR) is 133 cm³/mol. The quantitative estimate of drug-likeness (QED) is 0.443. The SMILES string of the molecule is O=C(NCCCN1CCN(c2ccccc2)CC1)c1ccc(-n2cnc3ccccc32)cc1. The van der Waals surface area contributed by atoms with Crippen LogP contribution in [0.4, 0.5) is 5.69 Å². The zero-order chi connectivity index (χ0) is 22.5. The van der Waals surface area contributed by atoms with Crippen LogP contribution in [0.2, 0.25) is 0 Å². The second-order valence-corrected chi connectivity index (χ2v) is 8.42. The van der Waals surface area contributed by atoms with Crippen molar-refractivity contribution >= 4 is 22.6 Å². The van der Waals surface area contributed by atoms with E-state index in [1.165, 1.54) is 5.69 Å². The molecule has 1 fully saturated rings. The Labute approximate surface area is 194 Å². The smallest absolute Gasteiger partial charge is 0.251 e. The zero-order valence-electron chi connectivity index (χ0n) is 18.7. The molecule has 168 valence electrons. The molecule has 2 heterocycles. The predicted octanol–water partition coefficient (Wildman–Crippen LogP) is 3.97. The van der Waals surface area contributed by atoms with Crippen molar-refractivity contribution in [2.24, 2.45) is 0 Å². The maximum Gasteiger partial charge on any atom is 0.251 e. The van der Waals surface area contributed by atoms with Gasteiger partial charge < -0.3 is 10.2 Å². The summed E-state index contributed by atoms with van der Waals surface area (Å²) in [4.78, 5) is 21.9. The molecule has 0 aliphatic carbocycles. The van der Waals surface area contributed by atoms with Crippen molar-refractivity contribution in [2.45, 2.75) is 6.42 Å². The molecule has 1 saturated heterocycles. The first-order valence-electron chi connectivity index (χ1n) is 11.6. The first kappa shape index (κ1) is 21.2. The number of aromatic nitrogens is 2. The number of amides is 1. The normalized spacial score (nSPS) is 14.5. The maximum absolute atomic E-state index is 12.6. The van der Waals surface area contributed by atoms with Crippen LogP contribution < -0.4 is 10.2 Å². The van der Waals surface area contributed by atoms with Gasteiger partial charge in [-0.25, -0.2) is 4.98 Å². The van der Waals surface area contributed by atoms with Crippen LogP contribution in [0.5, 0.6) is 0 Å². The van der Waals surface area contributed by atoms with Crippen molar-refractivity contribution in [2.75, 3.05) is 44.2 Å². The van der Waals surface area contributed by atoms with Crippen molar-refractivity contribution in [1.29, 1.82) is 0 Å². The van der Waals surface area contributed by atoms with E-state index in [2.05, 4.69) is 50.4 Å². The van der Waals surface area contributed by atoms with Gasteiger partial charge in [0.25, 0.3) is 5.91 Å². The zero-order valence-corrected chi connectivity index (χ0v) is 18.7. The minimum absolute atomic E-state index is 0.0223. The first-order chi connectivity index (χ1) is 16.3. The molecule has 0 radical (unpaired) electrons. The highest BCUT2D eigenvalue weighted by atomic mass is 16.1. The van der Waals surface area contributed by atoms with E-state index in [1.54, 1.807) is 0 Å². The molecule has 1 aromatic heterocycles. The lowest BCUT2D eigenvalue weighted by Crippen LogP contribution is -2.47. The van der Waals surface area contributed by atoms with Gasteiger partial charge in [-0.1, -0.05) is 30.3 Å². The van der Waals surface area contributed by atoms with Gasteiger partial charge in [0.05, 0.1) is 11.0 Å². The Morgan fingerprint density at radius 2 is 1.55 bits per heavy atom. The van der Waals surface area contributed by atoms with E-state index in [-0.39, 0.29) is 5.91 Å².